The van der Waals surface area contributed by atoms with Gasteiger partial charge in [-0.15, -0.1) is 0 Å². The molecule has 86 valence electrons. The fourth-order valence-corrected chi connectivity index (χ4v) is 1.78. The molecule has 0 saturated heterocycles. The fourth-order valence-electron chi connectivity index (χ4n) is 1.78. The van der Waals surface area contributed by atoms with Crippen LogP contribution in [0.1, 0.15) is 42.5 Å². The number of rotatable bonds is 3. The third kappa shape index (κ3) is 2.62. The van der Waals surface area contributed by atoms with E-state index >= 15 is 0 Å². The lowest BCUT2D eigenvalue weighted by Crippen LogP contribution is -2.19. The molecule has 1 unspecified atom stereocenters. The summed E-state index contributed by atoms with van der Waals surface area (Å²) >= 11 is 0. The average molecular weight is 216 g/mol. The third-order valence-electron chi connectivity index (χ3n) is 2.90. The maximum Gasteiger partial charge on any atom is 0.123 e. The second-order valence-corrected chi connectivity index (χ2v) is 4.77. The van der Waals surface area contributed by atoms with Crippen molar-refractivity contribution >= 4 is 0 Å². The van der Waals surface area contributed by atoms with Gasteiger partial charge in [0.15, 0.2) is 0 Å². The minimum Gasteiger partial charge on any atom is -0.291 e. The van der Waals surface area contributed by atoms with Crippen LogP contribution in [-0.4, -0.2) is 19.0 Å². The van der Waals surface area contributed by atoms with Gasteiger partial charge >= 0.3 is 0 Å². The smallest absolute Gasteiger partial charge is 0.123 e. The molecule has 1 aromatic rings. The van der Waals surface area contributed by atoms with E-state index in [1.165, 1.54) is 11.1 Å². The molecule has 0 amide bonds. The Morgan fingerprint density at radius 2 is 1.88 bits per heavy atom. The first kappa shape index (κ1) is 12.7. The van der Waals surface area contributed by atoms with Gasteiger partial charge in [0.05, 0.1) is 6.07 Å². The van der Waals surface area contributed by atoms with Crippen LogP contribution in [-0.2, 0) is 0 Å². The largest absolute Gasteiger partial charge is 0.291 e. The molecule has 1 rings (SSSR count). The van der Waals surface area contributed by atoms with Crippen LogP contribution in [0.25, 0.3) is 0 Å². The molecule has 0 radical (unpaired) electrons. The minimum atomic E-state index is -0.154. The zero-order chi connectivity index (χ0) is 12.3. The molecule has 0 N–H and O–H groups in total. The monoisotopic (exact) mass is 216 g/mol. The highest BCUT2D eigenvalue weighted by Gasteiger charge is 2.16. The molecule has 1 atom stereocenters. The first-order valence-electron chi connectivity index (χ1n) is 5.63. The number of hydrogen-bond acceptors (Lipinski definition) is 2. The van der Waals surface area contributed by atoms with E-state index in [1.54, 1.807) is 0 Å². The summed E-state index contributed by atoms with van der Waals surface area (Å²) in [7, 11) is 3.88. The molecule has 0 aliphatic carbocycles. The van der Waals surface area contributed by atoms with Gasteiger partial charge in [-0.1, -0.05) is 32.0 Å². The van der Waals surface area contributed by atoms with E-state index in [0.717, 1.165) is 5.56 Å². The number of nitriles is 1. The van der Waals surface area contributed by atoms with Gasteiger partial charge in [-0.2, -0.15) is 5.26 Å². The summed E-state index contributed by atoms with van der Waals surface area (Å²) in [5.74, 6) is 0.501. The summed E-state index contributed by atoms with van der Waals surface area (Å²) in [6.45, 7) is 6.41. The average Bonchev–Trinajstić information content (AvgIpc) is 2.20. The van der Waals surface area contributed by atoms with Gasteiger partial charge in [0.2, 0.25) is 0 Å². The molecule has 16 heavy (non-hydrogen) atoms. The summed E-state index contributed by atoms with van der Waals surface area (Å²) in [6, 6.07) is 8.61. The first-order chi connectivity index (χ1) is 7.47. The zero-order valence-electron chi connectivity index (χ0n) is 10.8. The van der Waals surface area contributed by atoms with E-state index < -0.39 is 0 Å². The van der Waals surface area contributed by atoms with Crippen molar-refractivity contribution in [3.63, 3.8) is 0 Å². The van der Waals surface area contributed by atoms with Crippen LogP contribution >= 0.6 is 0 Å². The van der Waals surface area contributed by atoms with Gasteiger partial charge in [-0.3, -0.25) is 4.90 Å². The highest BCUT2D eigenvalue weighted by Crippen LogP contribution is 2.25. The van der Waals surface area contributed by atoms with Gasteiger partial charge in [0.25, 0.3) is 0 Å². The second kappa shape index (κ2) is 5.14. The molecule has 0 saturated carbocycles. The topological polar surface area (TPSA) is 27.0 Å². The normalized spacial score (nSPS) is 12.9. The van der Waals surface area contributed by atoms with E-state index in [0.29, 0.717) is 5.92 Å². The van der Waals surface area contributed by atoms with Crippen molar-refractivity contribution in [1.82, 2.24) is 4.90 Å². The molecule has 2 nitrogen and oxygen atoms in total. The number of aryl methyl sites for hydroxylation is 1. The predicted molar refractivity (Wildman–Crippen MR) is 67.3 cm³/mol. The standard InChI is InChI=1S/C14H20N2/c1-10(2)12-7-6-11(3)13(8-12)14(9-15)16(4)5/h6-8,10,14H,1-5H3. The predicted octanol–water partition coefficient (Wildman–Crippen LogP) is 3.24. The Morgan fingerprint density at radius 1 is 1.25 bits per heavy atom. The second-order valence-electron chi connectivity index (χ2n) is 4.77. The van der Waals surface area contributed by atoms with Gasteiger partial charge in [0, 0.05) is 0 Å². The fraction of sp³-hybridized carbons (Fsp3) is 0.500. The van der Waals surface area contributed by atoms with E-state index in [9.17, 15) is 5.26 Å². The van der Waals surface area contributed by atoms with Crippen molar-refractivity contribution in [3.8, 4) is 6.07 Å². The van der Waals surface area contributed by atoms with E-state index in [1.807, 2.05) is 19.0 Å². The van der Waals surface area contributed by atoms with Crippen molar-refractivity contribution in [2.75, 3.05) is 14.1 Å². The van der Waals surface area contributed by atoms with Crippen LogP contribution in [0, 0.1) is 18.3 Å². The van der Waals surface area contributed by atoms with Gasteiger partial charge < -0.3 is 0 Å². The molecular formula is C14H20N2. The SMILES string of the molecule is Cc1ccc(C(C)C)cc1C(C#N)N(C)C. The summed E-state index contributed by atoms with van der Waals surface area (Å²) in [4.78, 5) is 1.95. The van der Waals surface area contributed by atoms with Crippen molar-refractivity contribution in [1.29, 1.82) is 5.26 Å². The van der Waals surface area contributed by atoms with Crippen LogP contribution in [0.15, 0.2) is 18.2 Å². The summed E-state index contributed by atoms with van der Waals surface area (Å²) in [6.07, 6.45) is 0. The Bertz CT molecular complexity index is 400. The lowest BCUT2D eigenvalue weighted by molar-refractivity contribution is 0.357. The quantitative estimate of drug-likeness (QED) is 0.775. The molecule has 0 heterocycles. The van der Waals surface area contributed by atoms with E-state index in [2.05, 4.69) is 45.0 Å². The third-order valence-corrected chi connectivity index (χ3v) is 2.90. The first-order valence-corrected chi connectivity index (χ1v) is 5.63. The molecule has 0 spiro atoms. The highest BCUT2D eigenvalue weighted by molar-refractivity contribution is 5.37. The van der Waals surface area contributed by atoms with Crippen molar-refractivity contribution in [2.45, 2.75) is 32.7 Å². The Kier molecular flexibility index (Phi) is 4.09. The van der Waals surface area contributed by atoms with Crippen LogP contribution in [0.2, 0.25) is 0 Å². The van der Waals surface area contributed by atoms with Crippen LogP contribution in [0.4, 0.5) is 0 Å². The van der Waals surface area contributed by atoms with Crippen molar-refractivity contribution < 1.29 is 0 Å². The highest BCUT2D eigenvalue weighted by atomic mass is 15.1. The van der Waals surface area contributed by atoms with E-state index in [4.69, 9.17) is 0 Å². The molecular weight excluding hydrogens is 196 g/mol. The Labute approximate surface area is 98.5 Å². The van der Waals surface area contributed by atoms with Crippen LogP contribution in [0.3, 0.4) is 0 Å². The number of hydrogen-bond donors (Lipinski definition) is 0. The van der Waals surface area contributed by atoms with Crippen LogP contribution < -0.4 is 0 Å². The molecule has 0 aliphatic heterocycles. The number of benzene rings is 1. The Balaban J connectivity index is 3.21. The summed E-state index contributed by atoms with van der Waals surface area (Å²) in [5, 5.41) is 9.21. The van der Waals surface area contributed by atoms with Crippen molar-refractivity contribution in [2.24, 2.45) is 0 Å². The minimum absolute atomic E-state index is 0.154. The Hall–Kier alpha value is -1.33. The molecule has 1 aromatic carbocycles. The van der Waals surface area contributed by atoms with E-state index in [-0.39, 0.29) is 6.04 Å². The number of nitrogens with zero attached hydrogens (tertiary/aromatic N) is 2. The molecule has 0 fully saturated rings. The van der Waals surface area contributed by atoms with Crippen LogP contribution in [0.5, 0.6) is 0 Å². The molecule has 2 heteroatoms. The van der Waals surface area contributed by atoms with Gasteiger partial charge in [-0.25, -0.2) is 0 Å². The molecule has 0 aromatic heterocycles. The van der Waals surface area contributed by atoms with Gasteiger partial charge in [0.1, 0.15) is 6.04 Å². The lowest BCUT2D eigenvalue weighted by atomic mass is 9.94. The summed E-state index contributed by atoms with van der Waals surface area (Å²) < 4.78 is 0. The molecule has 0 bridgehead atoms. The maximum absolute atomic E-state index is 9.21. The molecule has 0 aliphatic rings. The lowest BCUT2D eigenvalue weighted by Gasteiger charge is -2.21. The zero-order valence-corrected chi connectivity index (χ0v) is 10.8. The maximum atomic E-state index is 9.21. The Morgan fingerprint density at radius 3 is 2.31 bits per heavy atom. The summed E-state index contributed by atoms with van der Waals surface area (Å²) in [5.41, 5.74) is 3.60. The van der Waals surface area contributed by atoms with Gasteiger partial charge in [-0.05, 0) is 43.6 Å². The van der Waals surface area contributed by atoms with Crippen molar-refractivity contribution in [3.05, 3.63) is 34.9 Å².